The normalized spacial score (nSPS) is 14.4. The Kier molecular flexibility index (Phi) is 7.74. The molecule has 0 aliphatic rings. The number of carbonyl (C=O) groups excluding carboxylic acids is 1. The fraction of sp³-hybridized carbons (Fsp3) is 0.500. The van der Waals surface area contributed by atoms with Crippen LogP contribution in [0.3, 0.4) is 0 Å². The zero-order valence-corrected chi connectivity index (χ0v) is 4.72. The summed E-state index contributed by atoms with van der Waals surface area (Å²) in [5.41, 5.74) is 0. The van der Waals surface area contributed by atoms with Gasteiger partial charge >= 0.3 is 58.8 Å². The van der Waals surface area contributed by atoms with Crippen LogP contribution in [-0.4, -0.2) is 90.9 Å². The molecule has 0 aliphatic carbocycles. The second-order valence-electron chi connectivity index (χ2n) is 1.55. The van der Waals surface area contributed by atoms with E-state index in [9.17, 15) is 14.7 Å². The number of aliphatic hydroxyl groups is 2. The van der Waals surface area contributed by atoms with E-state index in [1.54, 1.807) is 0 Å². The summed E-state index contributed by atoms with van der Waals surface area (Å²) in [5, 5.41) is 34.1. The van der Waals surface area contributed by atoms with Crippen molar-refractivity contribution in [1.29, 1.82) is 0 Å². The van der Waals surface area contributed by atoms with Crippen LogP contribution in [0.2, 0.25) is 0 Å². The molecule has 0 aromatic heterocycles. The van der Waals surface area contributed by atoms with Crippen LogP contribution in [0.4, 0.5) is 0 Å². The third-order valence-electron chi connectivity index (χ3n) is 0.794. The minimum absolute atomic E-state index is 0. The second kappa shape index (κ2) is 6.06. The van der Waals surface area contributed by atoms with Gasteiger partial charge in [0.1, 0.15) is 6.10 Å². The summed E-state index contributed by atoms with van der Waals surface area (Å²) >= 11 is 0. The van der Waals surface area contributed by atoms with Crippen LogP contribution >= 0.6 is 0 Å². The minimum atomic E-state index is -2.38. The maximum absolute atomic E-state index is 9.74. The number of carboxylic acid groups (broad SMARTS) is 2. The molecule has 0 rings (SSSR count). The second-order valence-corrected chi connectivity index (χ2v) is 1.55. The summed E-state index contributed by atoms with van der Waals surface area (Å²) in [4.78, 5) is 19.4. The molecule has 60 valence electrons. The van der Waals surface area contributed by atoms with Gasteiger partial charge in [-0.05, 0) is 0 Å². The topological polar surface area (TPSA) is 118 Å². The van der Waals surface area contributed by atoms with Crippen molar-refractivity contribution in [2.24, 2.45) is 0 Å². The average Bonchev–Trinajstić information content (AvgIpc) is 1.84. The Balaban J connectivity index is -0.000000405. The molecule has 0 saturated heterocycles. The van der Waals surface area contributed by atoms with Gasteiger partial charge in [-0.15, -0.1) is 0 Å². The molecule has 6 nitrogen and oxygen atoms in total. The maximum atomic E-state index is 9.74. The van der Waals surface area contributed by atoms with Crippen LogP contribution in [0.15, 0.2) is 0 Å². The van der Waals surface area contributed by atoms with Crippen LogP contribution in [-0.2, 0) is 9.59 Å². The van der Waals surface area contributed by atoms with Gasteiger partial charge < -0.3 is 25.2 Å². The van der Waals surface area contributed by atoms with Gasteiger partial charge in [-0.25, -0.2) is 4.79 Å². The van der Waals surface area contributed by atoms with Crippen LogP contribution in [0.1, 0.15) is 1.43 Å². The van der Waals surface area contributed by atoms with E-state index >= 15 is 0 Å². The standard InChI is InChI=1S/C4H6O6.K.H/c5-1(3(7)8)2(6)4(9)10;;/h1-2,5-6H,(H,7,8)(H,9,10);;. The van der Waals surface area contributed by atoms with Gasteiger partial charge in [0.25, 0.3) is 0 Å². The molecular weight excluding hydrogens is 183 g/mol. The van der Waals surface area contributed by atoms with Gasteiger partial charge in [-0.1, -0.05) is 0 Å². The van der Waals surface area contributed by atoms with Crippen LogP contribution in [0.5, 0.6) is 0 Å². The molecule has 0 aromatic rings. The number of carbonyl (C=O) groups is 2. The van der Waals surface area contributed by atoms with Gasteiger partial charge in [-0.2, -0.15) is 0 Å². The Bertz CT molecular complexity index is 144. The van der Waals surface area contributed by atoms with Gasteiger partial charge in [0.2, 0.25) is 0 Å². The molecule has 7 heteroatoms. The Morgan fingerprint density at radius 3 is 1.73 bits per heavy atom. The first-order valence-corrected chi connectivity index (χ1v) is 2.26. The third kappa shape index (κ3) is 4.85. The molecule has 2 atom stereocenters. The number of aliphatic carboxylic acids is 2. The molecular formula is C4H7KO6. The first-order valence-electron chi connectivity index (χ1n) is 2.26. The van der Waals surface area contributed by atoms with Crippen molar-refractivity contribution >= 4 is 63.3 Å². The van der Waals surface area contributed by atoms with E-state index in [1.165, 1.54) is 0 Å². The molecule has 0 saturated carbocycles. The molecule has 0 heterocycles. The Morgan fingerprint density at radius 2 is 1.64 bits per heavy atom. The molecule has 0 bridgehead atoms. The van der Waals surface area contributed by atoms with Crippen molar-refractivity contribution in [2.75, 3.05) is 0 Å². The van der Waals surface area contributed by atoms with Crippen LogP contribution in [0.25, 0.3) is 0 Å². The third-order valence-corrected chi connectivity index (χ3v) is 0.794. The van der Waals surface area contributed by atoms with E-state index in [2.05, 4.69) is 0 Å². The first kappa shape index (κ1) is 14.0. The van der Waals surface area contributed by atoms with Gasteiger partial charge in [0, 0.05) is 0 Å². The average molecular weight is 190 g/mol. The zero-order chi connectivity index (χ0) is 8.31. The Morgan fingerprint density at radius 1 is 1.27 bits per heavy atom. The summed E-state index contributed by atoms with van der Waals surface area (Å²) in [6.45, 7) is 0. The first-order chi connectivity index (χ1) is 4.46. The molecule has 0 aromatic carbocycles. The Hall–Kier alpha value is 0.496. The van der Waals surface area contributed by atoms with Gasteiger partial charge in [0.05, 0.1) is 5.97 Å². The van der Waals surface area contributed by atoms with E-state index in [0.717, 1.165) is 0 Å². The summed E-state index contributed by atoms with van der Waals surface area (Å²) in [5.74, 6) is -3.83. The van der Waals surface area contributed by atoms with Gasteiger partial charge in [0.15, 0.2) is 6.10 Å². The Labute approximate surface area is 106 Å². The zero-order valence-electron chi connectivity index (χ0n) is 5.72. The van der Waals surface area contributed by atoms with E-state index < -0.39 is 24.1 Å². The van der Waals surface area contributed by atoms with Gasteiger partial charge in [-0.3, -0.25) is 0 Å². The van der Waals surface area contributed by atoms with Crippen molar-refractivity contribution in [3.8, 4) is 0 Å². The van der Waals surface area contributed by atoms with E-state index in [1.807, 2.05) is 0 Å². The number of hydrogen-bond acceptors (Lipinski definition) is 5. The van der Waals surface area contributed by atoms with Crippen molar-refractivity contribution in [3.05, 3.63) is 0 Å². The predicted octanol–water partition coefficient (Wildman–Crippen LogP) is -3.99. The monoisotopic (exact) mass is 190 g/mol. The molecule has 0 spiro atoms. The van der Waals surface area contributed by atoms with Crippen molar-refractivity contribution in [1.82, 2.24) is 0 Å². The number of rotatable bonds is 3. The molecule has 2 unspecified atom stereocenters. The molecule has 0 radical (unpaired) electrons. The fourth-order valence-corrected chi connectivity index (χ4v) is 0.264. The van der Waals surface area contributed by atoms with Crippen molar-refractivity contribution < 1.29 is 31.4 Å². The molecule has 11 heavy (non-hydrogen) atoms. The molecule has 0 aliphatic heterocycles. The predicted molar refractivity (Wildman–Crippen MR) is 32.9 cm³/mol. The molecule has 0 fully saturated rings. The summed E-state index contributed by atoms with van der Waals surface area (Å²) in [6.07, 6.45) is -4.71. The summed E-state index contributed by atoms with van der Waals surface area (Å²) in [7, 11) is 0. The molecule has 3 N–H and O–H groups in total. The number of aliphatic hydroxyl groups excluding tert-OH is 2. The van der Waals surface area contributed by atoms with Crippen LogP contribution in [0, 0.1) is 0 Å². The number of carboxylic acids is 2. The quantitative estimate of drug-likeness (QED) is 0.390. The van der Waals surface area contributed by atoms with E-state index in [-0.39, 0.29) is 52.8 Å². The van der Waals surface area contributed by atoms with E-state index in [0.29, 0.717) is 0 Å². The van der Waals surface area contributed by atoms with Crippen molar-refractivity contribution in [2.45, 2.75) is 12.2 Å². The van der Waals surface area contributed by atoms with E-state index in [4.69, 9.17) is 15.3 Å². The SMILES string of the molecule is O=C([O-])C(O)C(O)C(=O)O.[H+].[KH]. The summed E-state index contributed by atoms with van der Waals surface area (Å²) in [6, 6.07) is 0. The summed E-state index contributed by atoms with van der Waals surface area (Å²) < 4.78 is 0. The van der Waals surface area contributed by atoms with Crippen LogP contribution < -0.4 is 5.11 Å². The number of hydrogen-bond donors (Lipinski definition) is 3. The molecule has 0 amide bonds. The van der Waals surface area contributed by atoms with Crippen molar-refractivity contribution in [3.63, 3.8) is 0 Å². The fourth-order valence-electron chi connectivity index (χ4n) is 0.264.